The van der Waals surface area contributed by atoms with E-state index in [0.29, 0.717) is 5.56 Å². The second-order valence-corrected chi connectivity index (χ2v) is 5.18. The van der Waals surface area contributed by atoms with Gasteiger partial charge in [0.05, 0.1) is 5.56 Å². The molecule has 0 aromatic heterocycles. The predicted octanol–water partition coefficient (Wildman–Crippen LogP) is 4.29. The van der Waals surface area contributed by atoms with Gasteiger partial charge in [0.1, 0.15) is 0 Å². The van der Waals surface area contributed by atoms with Gasteiger partial charge in [-0.1, -0.05) is 35.9 Å². The van der Waals surface area contributed by atoms with Crippen LogP contribution in [0.2, 0.25) is 0 Å². The maximum absolute atomic E-state index is 13.0. The van der Waals surface area contributed by atoms with Gasteiger partial charge in [-0.05, 0) is 30.7 Å². The Bertz CT molecular complexity index is 662. The molecule has 0 unspecified atom stereocenters. The summed E-state index contributed by atoms with van der Waals surface area (Å²) in [5.41, 5.74) is 0.843. The maximum atomic E-state index is 13.0. The van der Waals surface area contributed by atoms with E-state index in [1.165, 1.54) is 30.1 Å². The van der Waals surface area contributed by atoms with Crippen molar-refractivity contribution in [3.63, 3.8) is 0 Å². The minimum atomic E-state index is -4.43. The Morgan fingerprint density at radius 1 is 1.05 bits per heavy atom. The number of hydrogen-bond acceptors (Lipinski definition) is 1. The summed E-state index contributed by atoms with van der Waals surface area (Å²) >= 11 is 0. The molecule has 0 fully saturated rings. The summed E-state index contributed by atoms with van der Waals surface area (Å²) in [5.74, 6) is -0.308. The highest BCUT2D eigenvalue weighted by Gasteiger charge is 2.33. The summed E-state index contributed by atoms with van der Waals surface area (Å²) in [5, 5.41) is 0. The molecule has 0 spiro atoms. The first-order valence-corrected chi connectivity index (χ1v) is 6.76. The Kier molecular flexibility index (Phi) is 4.54. The van der Waals surface area contributed by atoms with Crippen molar-refractivity contribution in [2.45, 2.75) is 19.6 Å². The van der Waals surface area contributed by atoms with E-state index in [1.807, 2.05) is 6.92 Å². The molecule has 0 atom stereocenters. The summed E-state index contributed by atoms with van der Waals surface area (Å²) < 4.78 is 38.9. The van der Waals surface area contributed by atoms with Crippen LogP contribution in [0.25, 0.3) is 0 Å². The lowest BCUT2D eigenvalue weighted by molar-refractivity contribution is -0.138. The summed E-state index contributed by atoms with van der Waals surface area (Å²) in [7, 11) is 1.50. The van der Waals surface area contributed by atoms with Crippen LogP contribution < -0.4 is 0 Å². The summed E-state index contributed by atoms with van der Waals surface area (Å²) in [6.07, 6.45) is -4.43. The highest BCUT2D eigenvalue weighted by Crippen LogP contribution is 2.32. The van der Waals surface area contributed by atoms with Crippen LogP contribution in [-0.4, -0.2) is 17.9 Å². The number of alkyl halides is 3. The third-order valence-corrected chi connectivity index (χ3v) is 3.38. The molecule has 22 heavy (non-hydrogen) atoms. The molecule has 116 valence electrons. The van der Waals surface area contributed by atoms with Crippen molar-refractivity contribution in [1.82, 2.24) is 4.90 Å². The Balaban J connectivity index is 2.20. The van der Waals surface area contributed by atoms with Crippen LogP contribution >= 0.6 is 0 Å². The topological polar surface area (TPSA) is 20.3 Å². The fraction of sp³-hybridized carbons (Fsp3) is 0.235. The van der Waals surface area contributed by atoms with Crippen LogP contribution in [0.1, 0.15) is 27.0 Å². The molecular weight excluding hydrogens is 291 g/mol. The first-order valence-electron chi connectivity index (χ1n) is 6.76. The zero-order valence-electron chi connectivity index (χ0n) is 12.3. The molecule has 0 aliphatic carbocycles. The van der Waals surface area contributed by atoms with E-state index in [1.54, 1.807) is 24.3 Å². The number of amides is 1. The minimum absolute atomic E-state index is 0.0814. The quantitative estimate of drug-likeness (QED) is 0.828. The second kappa shape index (κ2) is 6.22. The lowest BCUT2D eigenvalue weighted by Crippen LogP contribution is -2.27. The molecule has 0 bridgehead atoms. The van der Waals surface area contributed by atoms with Crippen LogP contribution in [0.4, 0.5) is 13.2 Å². The van der Waals surface area contributed by atoms with Crippen molar-refractivity contribution in [3.05, 3.63) is 70.8 Å². The Labute approximate surface area is 127 Å². The van der Waals surface area contributed by atoms with Gasteiger partial charge in [0.15, 0.2) is 0 Å². The number of aryl methyl sites for hydroxylation is 1. The molecule has 1 amide bonds. The van der Waals surface area contributed by atoms with Crippen molar-refractivity contribution in [2.24, 2.45) is 0 Å². The second-order valence-electron chi connectivity index (χ2n) is 5.18. The van der Waals surface area contributed by atoms with Gasteiger partial charge in [0.2, 0.25) is 0 Å². The first-order chi connectivity index (χ1) is 10.3. The van der Waals surface area contributed by atoms with Gasteiger partial charge >= 0.3 is 6.18 Å². The third-order valence-electron chi connectivity index (χ3n) is 3.38. The highest BCUT2D eigenvalue weighted by atomic mass is 19.4. The average Bonchev–Trinajstić information content (AvgIpc) is 2.46. The van der Waals surface area contributed by atoms with E-state index in [-0.39, 0.29) is 18.0 Å². The van der Waals surface area contributed by atoms with E-state index >= 15 is 0 Å². The molecule has 0 saturated carbocycles. The molecule has 0 radical (unpaired) electrons. The molecule has 0 heterocycles. The number of hydrogen-bond donors (Lipinski definition) is 0. The molecule has 0 aliphatic heterocycles. The number of benzene rings is 2. The molecule has 0 saturated heterocycles. The van der Waals surface area contributed by atoms with E-state index in [9.17, 15) is 18.0 Å². The van der Waals surface area contributed by atoms with Crippen LogP contribution in [-0.2, 0) is 12.7 Å². The largest absolute Gasteiger partial charge is 0.416 e. The van der Waals surface area contributed by atoms with E-state index in [4.69, 9.17) is 0 Å². The summed E-state index contributed by atoms with van der Waals surface area (Å²) in [6.45, 7) is 1.81. The normalized spacial score (nSPS) is 11.3. The SMILES string of the molecule is Cc1ccc(C(=O)N(C)Cc2ccccc2C(F)(F)F)cc1. The monoisotopic (exact) mass is 307 g/mol. The fourth-order valence-electron chi connectivity index (χ4n) is 2.18. The molecule has 2 rings (SSSR count). The molecule has 0 aliphatic rings. The summed E-state index contributed by atoms with van der Waals surface area (Å²) in [4.78, 5) is 13.6. The number of carbonyl (C=O) groups is 1. The highest BCUT2D eigenvalue weighted by molar-refractivity contribution is 5.94. The van der Waals surface area contributed by atoms with Gasteiger partial charge in [0.25, 0.3) is 5.91 Å². The van der Waals surface area contributed by atoms with Crippen molar-refractivity contribution in [3.8, 4) is 0 Å². The van der Waals surface area contributed by atoms with Crippen molar-refractivity contribution < 1.29 is 18.0 Å². The first kappa shape index (κ1) is 16.1. The molecule has 5 heteroatoms. The van der Waals surface area contributed by atoms with Crippen LogP contribution in [0.5, 0.6) is 0 Å². The molecular formula is C17H16F3NO. The van der Waals surface area contributed by atoms with Gasteiger partial charge in [-0.3, -0.25) is 4.79 Å². The van der Waals surface area contributed by atoms with E-state index < -0.39 is 11.7 Å². The van der Waals surface area contributed by atoms with Gasteiger partial charge in [-0.2, -0.15) is 13.2 Å². The van der Waals surface area contributed by atoms with Gasteiger partial charge < -0.3 is 4.90 Å². The molecule has 2 nitrogen and oxygen atoms in total. The lowest BCUT2D eigenvalue weighted by atomic mass is 10.1. The number of halogens is 3. The zero-order chi connectivity index (χ0) is 16.3. The number of nitrogens with zero attached hydrogens (tertiary/aromatic N) is 1. The van der Waals surface area contributed by atoms with Gasteiger partial charge in [-0.15, -0.1) is 0 Å². The number of rotatable bonds is 3. The van der Waals surface area contributed by atoms with E-state index in [2.05, 4.69) is 0 Å². The standard InChI is InChI=1S/C17H16F3NO/c1-12-7-9-13(10-8-12)16(22)21(2)11-14-5-3-4-6-15(14)17(18,19)20/h3-10H,11H2,1-2H3. The van der Waals surface area contributed by atoms with E-state index in [0.717, 1.165) is 11.6 Å². The lowest BCUT2D eigenvalue weighted by Gasteiger charge is -2.20. The molecule has 2 aromatic carbocycles. The van der Waals surface area contributed by atoms with Crippen LogP contribution in [0, 0.1) is 6.92 Å². The zero-order valence-corrected chi connectivity index (χ0v) is 12.3. The minimum Gasteiger partial charge on any atom is -0.337 e. The number of carbonyl (C=O) groups excluding carboxylic acids is 1. The average molecular weight is 307 g/mol. The Hall–Kier alpha value is -2.30. The maximum Gasteiger partial charge on any atom is 0.416 e. The van der Waals surface area contributed by atoms with Crippen molar-refractivity contribution in [2.75, 3.05) is 7.05 Å². The third kappa shape index (κ3) is 3.67. The molecule has 0 N–H and O–H groups in total. The summed E-state index contributed by atoms with van der Waals surface area (Å²) in [6, 6.07) is 12.2. The Morgan fingerprint density at radius 2 is 1.64 bits per heavy atom. The van der Waals surface area contributed by atoms with Crippen molar-refractivity contribution in [1.29, 1.82) is 0 Å². The van der Waals surface area contributed by atoms with Gasteiger partial charge in [-0.25, -0.2) is 0 Å². The van der Waals surface area contributed by atoms with Crippen molar-refractivity contribution >= 4 is 5.91 Å². The predicted molar refractivity (Wildman–Crippen MR) is 78.4 cm³/mol. The van der Waals surface area contributed by atoms with Gasteiger partial charge in [0, 0.05) is 19.2 Å². The molecule has 2 aromatic rings. The Morgan fingerprint density at radius 3 is 2.23 bits per heavy atom. The smallest absolute Gasteiger partial charge is 0.337 e. The van der Waals surface area contributed by atoms with Crippen LogP contribution in [0.3, 0.4) is 0 Å². The fourth-order valence-corrected chi connectivity index (χ4v) is 2.18. The van der Waals surface area contributed by atoms with Crippen LogP contribution in [0.15, 0.2) is 48.5 Å².